The van der Waals surface area contributed by atoms with Gasteiger partial charge in [0.25, 0.3) is 0 Å². The minimum atomic E-state index is -0.386. The minimum Gasteiger partial charge on any atom is -0.476 e. The number of hydrogen-bond acceptors (Lipinski definition) is 4. The normalized spacial score (nSPS) is 11.9. The summed E-state index contributed by atoms with van der Waals surface area (Å²) in [7, 11) is 0. The molecule has 0 N–H and O–H groups in total. The average Bonchev–Trinajstić information content (AvgIpc) is 3.11. The zero-order chi connectivity index (χ0) is 20.8. The highest BCUT2D eigenvalue weighted by Gasteiger charge is 2.17. The molecule has 1 aromatic heterocycles. The van der Waals surface area contributed by atoms with Crippen LogP contribution in [0.2, 0.25) is 10.0 Å². The van der Waals surface area contributed by atoms with Crippen molar-refractivity contribution in [3.63, 3.8) is 0 Å². The highest BCUT2D eigenvalue weighted by atomic mass is 35.5. The van der Waals surface area contributed by atoms with E-state index in [0.717, 1.165) is 16.8 Å². The molecule has 3 rings (SSSR count). The summed E-state index contributed by atoms with van der Waals surface area (Å²) < 4.78 is 12.6. The predicted molar refractivity (Wildman–Crippen MR) is 115 cm³/mol. The van der Waals surface area contributed by atoms with Gasteiger partial charge < -0.3 is 9.47 Å². The molecule has 2 aromatic carbocycles. The Morgan fingerprint density at radius 2 is 1.86 bits per heavy atom. The van der Waals surface area contributed by atoms with Crippen molar-refractivity contribution < 1.29 is 14.3 Å². The first kappa shape index (κ1) is 21.2. The summed E-state index contributed by atoms with van der Waals surface area (Å²) in [6.07, 6.45) is 0. The van der Waals surface area contributed by atoms with Gasteiger partial charge in [-0.25, -0.2) is 0 Å². The van der Waals surface area contributed by atoms with Gasteiger partial charge in [0.05, 0.1) is 34.8 Å². The number of benzene rings is 2. The molecule has 5 nitrogen and oxygen atoms in total. The zero-order valence-electron chi connectivity index (χ0n) is 16.3. The molecule has 1 unspecified atom stereocenters. The fourth-order valence-corrected chi connectivity index (χ4v) is 3.09. The number of rotatable bonds is 8. The Kier molecular flexibility index (Phi) is 7.18. The first-order valence-corrected chi connectivity index (χ1v) is 10.1. The van der Waals surface area contributed by atoms with E-state index in [9.17, 15) is 4.79 Å². The minimum absolute atomic E-state index is 0.183. The smallest absolute Gasteiger partial charge is 0.312 e. The molecule has 0 fully saturated rings. The van der Waals surface area contributed by atoms with Crippen molar-refractivity contribution in [2.24, 2.45) is 5.92 Å². The fraction of sp³-hybridized carbons (Fsp3) is 0.273. The predicted octanol–water partition coefficient (Wildman–Crippen LogP) is 5.48. The van der Waals surface area contributed by atoms with Crippen molar-refractivity contribution in [2.45, 2.75) is 20.4 Å². The number of esters is 1. The maximum atomic E-state index is 11.8. The molecule has 1 atom stereocenters. The quantitative estimate of drug-likeness (QED) is 0.442. The summed E-state index contributed by atoms with van der Waals surface area (Å²) in [5.74, 6) is -0.248. The number of halogens is 2. The summed E-state index contributed by atoms with van der Waals surface area (Å²) in [5, 5.41) is 5.54. The molecule has 1 heterocycles. The van der Waals surface area contributed by atoms with E-state index in [1.54, 1.807) is 26.0 Å². The first-order valence-electron chi connectivity index (χ1n) is 9.34. The maximum Gasteiger partial charge on any atom is 0.312 e. The summed E-state index contributed by atoms with van der Waals surface area (Å²) in [6.45, 7) is 4.63. The topological polar surface area (TPSA) is 53.4 Å². The highest BCUT2D eigenvalue weighted by Crippen LogP contribution is 2.31. The van der Waals surface area contributed by atoms with Crippen molar-refractivity contribution >= 4 is 29.2 Å². The number of nitrogens with zero attached hydrogens (tertiary/aromatic N) is 2. The maximum absolute atomic E-state index is 11.8. The van der Waals surface area contributed by atoms with E-state index in [4.69, 9.17) is 32.7 Å². The second kappa shape index (κ2) is 9.81. The number of carbonyl (C=O) groups is 1. The van der Waals surface area contributed by atoms with Crippen LogP contribution in [0.1, 0.15) is 19.4 Å². The SMILES string of the molecule is CCOC(=O)C(C)COc1cc(-c2ccc(Cl)c(Cl)c2)n(Cc2ccccc2)n1. The summed E-state index contributed by atoms with van der Waals surface area (Å²) >= 11 is 12.3. The van der Waals surface area contributed by atoms with E-state index in [-0.39, 0.29) is 18.5 Å². The Bertz CT molecular complexity index is 973. The zero-order valence-corrected chi connectivity index (χ0v) is 17.8. The van der Waals surface area contributed by atoms with Gasteiger partial charge in [0, 0.05) is 11.6 Å². The number of aromatic nitrogens is 2. The lowest BCUT2D eigenvalue weighted by Gasteiger charge is -2.10. The molecule has 0 saturated carbocycles. The Balaban J connectivity index is 1.86. The molecular formula is C22H22Cl2N2O3. The van der Waals surface area contributed by atoms with E-state index in [1.807, 2.05) is 47.1 Å². The van der Waals surface area contributed by atoms with Gasteiger partial charge in [-0.3, -0.25) is 9.48 Å². The van der Waals surface area contributed by atoms with Gasteiger partial charge in [-0.15, -0.1) is 5.10 Å². The monoisotopic (exact) mass is 432 g/mol. The Labute approximate surface area is 180 Å². The van der Waals surface area contributed by atoms with Crippen LogP contribution in [0.25, 0.3) is 11.3 Å². The largest absolute Gasteiger partial charge is 0.476 e. The Morgan fingerprint density at radius 3 is 2.55 bits per heavy atom. The van der Waals surface area contributed by atoms with Crippen LogP contribution < -0.4 is 4.74 Å². The number of carbonyl (C=O) groups excluding carboxylic acids is 1. The van der Waals surface area contributed by atoms with Crippen LogP contribution in [0.4, 0.5) is 0 Å². The van der Waals surface area contributed by atoms with E-state index in [2.05, 4.69) is 5.10 Å². The summed E-state index contributed by atoms with van der Waals surface area (Å²) in [5.41, 5.74) is 2.81. The fourth-order valence-electron chi connectivity index (χ4n) is 2.79. The van der Waals surface area contributed by atoms with Crippen molar-refractivity contribution in [3.05, 3.63) is 70.2 Å². The third kappa shape index (κ3) is 5.52. The molecule has 0 aliphatic carbocycles. The van der Waals surface area contributed by atoms with Crippen LogP contribution in [-0.4, -0.2) is 29.0 Å². The first-order chi connectivity index (χ1) is 14.0. The number of hydrogen-bond donors (Lipinski definition) is 0. The summed E-state index contributed by atoms with van der Waals surface area (Å²) in [4.78, 5) is 11.8. The number of ether oxygens (including phenoxy) is 2. The van der Waals surface area contributed by atoms with E-state index >= 15 is 0 Å². The van der Waals surface area contributed by atoms with Crippen molar-refractivity contribution in [2.75, 3.05) is 13.2 Å². The van der Waals surface area contributed by atoms with Crippen LogP contribution in [0.5, 0.6) is 5.88 Å². The van der Waals surface area contributed by atoms with Gasteiger partial charge >= 0.3 is 5.97 Å². The average molecular weight is 433 g/mol. The van der Waals surface area contributed by atoms with Gasteiger partial charge in [-0.2, -0.15) is 0 Å². The van der Waals surface area contributed by atoms with E-state index < -0.39 is 0 Å². The van der Waals surface area contributed by atoms with Crippen molar-refractivity contribution in [1.82, 2.24) is 9.78 Å². The van der Waals surface area contributed by atoms with Gasteiger partial charge in [-0.1, -0.05) is 59.6 Å². The molecule has 0 aliphatic rings. The second-order valence-electron chi connectivity index (χ2n) is 6.60. The molecule has 0 aliphatic heterocycles. The van der Waals surface area contributed by atoms with Crippen LogP contribution >= 0.6 is 23.2 Å². The standard InChI is InChI=1S/C22H22Cl2N2O3/c1-3-28-22(27)15(2)14-29-21-12-20(17-9-10-18(23)19(24)11-17)26(25-21)13-16-7-5-4-6-8-16/h4-12,15H,3,13-14H2,1-2H3. The molecule has 0 amide bonds. The third-order valence-electron chi connectivity index (χ3n) is 4.32. The van der Waals surface area contributed by atoms with Crippen LogP contribution in [0, 0.1) is 5.92 Å². The van der Waals surface area contributed by atoms with Crippen molar-refractivity contribution in [1.29, 1.82) is 0 Å². The molecule has 0 radical (unpaired) electrons. The second-order valence-corrected chi connectivity index (χ2v) is 7.42. The summed E-state index contributed by atoms with van der Waals surface area (Å²) in [6, 6.07) is 17.3. The molecule has 0 bridgehead atoms. The Morgan fingerprint density at radius 1 is 1.10 bits per heavy atom. The van der Waals surface area contributed by atoms with Crippen molar-refractivity contribution in [3.8, 4) is 17.1 Å². The molecular weight excluding hydrogens is 411 g/mol. The highest BCUT2D eigenvalue weighted by molar-refractivity contribution is 6.42. The van der Waals surface area contributed by atoms with Crippen LogP contribution in [0.15, 0.2) is 54.6 Å². The Hall–Kier alpha value is -2.50. The molecule has 7 heteroatoms. The van der Waals surface area contributed by atoms with Gasteiger partial charge in [-0.05, 0) is 31.5 Å². The molecule has 0 saturated heterocycles. The van der Waals surface area contributed by atoms with Gasteiger partial charge in [0.2, 0.25) is 5.88 Å². The molecule has 3 aromatic rings. The van der Waals surface area contributed by atoms with Crippen LogP contribution in [0.3, 0.4) is 0 Å². The molecule has 0 spiro atoms. The van der Waals surface area contributed by atoms with Gasteiger partial charge in [0.15, 0.2) is 0 Å². The van der Waals surface area contributed by atoms with Gasteiger partial charge in [0.1, 0.15) is 6.61 Å². The molecule has 29 heavy (non-hydrogen) atoms. The van der Waals surface area contributed by atoms with Crippen LogP contribution in [-0.2, 0) is 16.1 Å². The third-order valence-corrected chi connectivity index (χ3v) is 5.06. The van der Waals surface area contributed by atoms with E-state index in [0.29, 0.717) is 29.1 Å². The van der Waals surface area contributed by atoms with E-state index in [1.165, 1.54) is 0 Å². The lowest BCUT2D eigenvalue weighted by atomic mass is 10.1. The lowest BCUT2D eigenvalue weighted by Crippen LogP contribution is -2.21. The molecule has 152 valence electrons. The lowest BCUT2D eigenvalue weighted by molar-refractivity contribution is -0.148.